The highest BCUT2D eigenvalue weighted by molar-refractivity contribution is 5.82. The van der Waals surface area contributed by atoms with Gasteiger partial charge in [-0.1, -0.05) is 48.5 Å². The van der Waals surface area contributed by atoms with Crippen LogP contribution in [0.2, 0.25) is 0 Å². The number of nitrogens with one attached hydrogen (secondary N) is 1. The Bertz CT molecular complexity index is 1010. The second-order valence-electron chi connectivity index (χ2n) is 7.88. The second kappa shape index (κ2) is 8.11. The lowest BCUT2D eigenvalue weighted by atomic mass is 10.1. The maximum absolute atomic E-state index is 12.7. The lowest BCUT2D eigenvalue weighted by Gasteiger charge is -2.24. The van der Waals surface area contributed by atoms with Crippen LogP contribution in [0.5, 0.6) is 0 Å². The Kier molecular flexibility index (Phi) is 5.38. The number of rotatable bonds is 6. The van der Waals surface area contributed by atoms with Crippen molar-refractivity contribution >= 4 is 11.6 Å². The maximum atomic E-state index is 12.7. The van der Waals surface area contributed by atoms with Gasteiger partial charge in [0.2, 0.25) is 5.91 Å². The molecule has 0 saturated carbocycles. The predicted molar refractivity (Wildman–Crippen MR) is 116 cm³/mol. The minimum absolute atomic E-state index is 0.0446. The zero-order valence-electron chi connectivity index (χ0n) is 17.4. The average molecular weight is 389 g/mol. The van der Waals surface area contributed by atoms with E-state index in [9.17, 15) is 4.79 Å². The molecule has 5 heteroatoms. The van der Waals surface area contributed by atoms with Crippen LogP contribution in [-0.4, -0.2) is 28.3 Å². The highest BCUT2D eigenvalue weighted by Crippen LogP contribution is 2.31. The summed E-state index contributed by atoms with van der Waals surface area (Å²) in [5.41, 5.74) is 6.89. The summed E-state index contributed by atoms with van der Waals surface area (Å²) in [6, 6.07) is 19.0. The quantitative estimate of drug-likeness (QED) is 0.702. The number of amides is 1. The summed E-state index contributed by atoms with van der Waals surface area (Å²) in [6.45, 7) is 7.89. The fourth-order valence-electron chi connectivity index (χ4n) is 4.17. The van der Waals surface area contributed by atoms with Crippen molar-refractivity contribution in [2.24, 2.45) is 0 Å². The molecule has 0 bridgehead atoms. The SMILES string of the molecule is Cc1nn(Cc2ccccc2)c(C)c1CNC(=O)CN1c2ccccc2CC1C. The van der Waals surface area contributed by atoms with Crippen LogP contribution >= 0.6 is 0 Å². The smallest absolute Gasteiger partial charge is 0.239 e. The van der Waals surface area contributed by atoms with E-state index in [1.165, 1.54) is 16.8 Å². The Balaban J connectivity index is 1.40. The van der Waals surface area contributed by atoms with Gasteiger partial charge in [-0.25, -0.2) is 0 Å². The third kappa shape index (κ3) is 4.04. The number of anilines is 1. The number of aryl methyl sites for hydroxylation is 1. The zero-order valence-corrected chi connectivity index (χ0v) is 17.4. The minimum Gasteiger partial charge on any atom is -0.359 e. The van der Waals surface area contributed by atoms with Crippen molar-refractivity contribution in [3.63, 3.8) is 0 Å². The fraction of sp³-hybridized carbons (Fsp3) is 0.333. The number of para-hydroxylation sites is 1. The number of aromatic nitrogens is 2. The van der Waals surface area contributed by atoms with Gasteiger partial charge in [-0.3, -0.25) is 9.48 Å². The van der Waals surface area contributed by atoms with Gasteiger partial charge in [-0.15, -0.1) is 0 Å². The van der Waals surface area contributed by atoms with Crippen molar-refractivity contribution < 1.29 is 4.79 Å². The molecule has 1 atom stereocenters. The fourth-order valence-corrected chi connectivity index (χ4v) is 4.17. The summed E-state index contributed by atoms with van der Waals surface area (Å²) in [7, 11) is 0. The molecular formula is C24H28N4O. The van der Waals surface area contributed by atoms with Crippen molar-refractivity contribution in [1.82, 2.24) is 15.1 Å². The van der Waals surface area contributed by atoms with Crippen LogP contribution in [0.1, 0.15) is 35.0 Å². The standard InChI is InChI=1S/C24H28N4O/c1-17-13-21-11-7-8-12-23(21)27(17)16-24(29)25-14-22-18(2)26-28(19(22)3)15-20-9-5-4-6-10-20/h4-12,17H,13-16H2,1-3H3,(H,25,29). The Morgan fingerprint density at radius 1 is 1.10 bits per heavy atom. The van der Waals surface area contributed by atoms with E-state index in [2.05, 4.69) is 59.5 Å². The van der Waals surface area contributed by atoms with Crippen molar-refractivity contribution in [2.45, 2.75) is 46.3 Å². The van der Waals surface area contributed by atoms with Gasteiger partial charge >= 0.3 is 0 Å². The van der Waals surface area contributed by atoms with E-state index in [1.807, 2.05) is 35.9 Å². The first-order valence-corrected chi connectivity index (χ1v) is 10.2. The molecule has 5 nitrogen and oxygen atoms in total. The van der Waals surface area contributed by atoms with E-state index in [4.69, 9.17) is 0 Å². The molecule has 0 radical (unpaired) electrons. The molecule has 150 valence electrons. The lowest BCUT2D eigenvalue weighted by Crippen LogP contribution is -2.40. The zero-order chi connectivity index (χ0) is 20.4. The normalized spacial score (nSPS) is 15.4. The van der Waals surface area contributed by atoms with Gasteiger partial charge < -0.3 is 10.2 Å². The summed E-state index contributed by atoms with van der Waals surface area (Å²) >= 11 is 0. The number of carbonyl (C=O) groups excluding carboxylic acids is 1. The van der Waals surface area contributed by atoms with Gasteiger partial charge in [0.15, 0.2) is 0 Å². The third-order valence-electron chi connectivity index (χ3n) is 5.83. The Hall–Kier alpha value is -3.08. The van der Waals surface area contributed by atoms with E-state index in [0.29, 0.717) is 19.1 Å². The Labute approximate surface area is 172 Å². The third-order valence-corrected chi connectivity index (χ3v) is 5.83. The van der Waals surface area contributed by atoms with Gasteiger partial charge in [0.1, 0.15) is 0 Å². The van der Waals surface area contributed by atoms with E-state index in [0.717, 1.165) is 29.9 Å². The van der Waals surface area contributed by atoms with Gasteiger partial charge in [-0.05, 0) is 44.4 Å². The second-order valence-corrected chi connectivity index (χ2v) is 7.88. The summed E-state index contributed by atoms with van der Waals surface area (Å²) < 4.78 is 2.02. The highest BCUT2D eigenvalue weighted by Gasteiger charge is 2.27. The van der Waals surface area contributed by atoms with Crippen molar-refractivity contribution in [3.8, 4) is 0 Å². The number of fused-ring (bicyclic) bond motifs is 1. The Morgan fingerprint density at radius 3 is 2.62 bits per heavy atom. The molecule has 1 unspecified atom stereocenters. The van der Waals surface area contributed by atoms with Crippen molar-refractivity contribution in [1.29, 1.82) is 0 Å². The first-order valence-electron chi connectivity index (χ1n) is 10.2. The van der Waals surface area contributed by atoms with E-state index < -0.39 is 0 Å². The summed E-state index contributed by atoms with van der Waals surface area (Å²) in [5.74, 6) is 0.0446. The van der Waals surface area contributed by atoms with Crippen LogP contribution in [0, 0.1) is 13.8 Å². The minimum atomic E-state index is 0.0446. The maximum Gasteiger partial charge on any atom is 0.239 e. The number of nitrogens with zero attached hydrogens (tertiary/aromatic N) is 3. The number of carbonyl (C=O) groups is 1. The van der Waals surface area contributed by atoms with Crippen LogP contribution in [-0.2, 0) is 24.3 Å². The predicted octanol–water partition coefficient (Wildman–Crippen LogP) is 3.62. The number of hydrogen-bond acceptors (Lipinski definition) is 3. The molecule has 1 amide bonds. The van der Waals surface area contributed by atoms with Crippen LogP contribution in [0.25, 0.3) is 0 Å². The highest BCUT2D eigenvalue weighted by atomic mass is 16.2. The van der Waals surface area contributed by atoms with Gasteiger partial charge in [0.25, 0.3) is 0 Å². The Morgan fingerprint density at radius 2 is 1.83 bits per heavy atom. The first-order chi connectivity index (χ1) is 14.0. The molecule has 0 saturated heterocycles. The topological polar surface area (TPSA) is 50.2 Å². The molecule has 2 aromatic carbocycles. The molecular weight excluding hydrogens is 360 g/mol. The van der Waals surface area contributed by atoms with Crippen LogP contribution < -0.4 is 10.2 Å². The molecule has 4 rings (SSSR count). The molecule has 29 heavy (non-hydrogen) atoms. The van der Waals surface area contributed by atoms with Gasteiger partial charge in [0, 0.05) is 29.5 Å². The van der Waals surface area contributed by atoms with Gasteiger partial charge in [-0.2, -0.15) is 5.10 Å². The van der Waals surface area contributed by atoms with Gasteiger partial charge in [0.05, 0.1) is 18.8 Å². The molecule has 1 aliphatic heterocycles. The van der Waals surface area contributed by atoms with E-state index >= 15 is 0 Å². The molecule has 2 heterocycles. The first kappa shape index (κ1) is 19.2. The molecule has 0 aliphatic carbocycles. The molecule has 1 N–H and O–H groups in total. The van der Waals surface area contributed by atoms with E-state index in [-0.39, 0.29) is 5.91 Å². The van der Waals surface area contributed by atoms with Crippen LogP contribution in [0.4, 0.5) is 5.69 Å². The number of hydrogen-bond donors (Lipinski definition) is 1. The van der Waals surface area contributed by atoms with Crippen LogP contribution in [0.15, 0.2) is 54.6 Å². The molecule has 1 aromatic heterocycles. The lowest BCUT2D eigenvalue weighted by molar-refractivity contribution is -0.120. The number of benzene rings is 2. The molecule has 0 fully saturated rings. The molecule has 3 aromatic rings. The monoisotopic (exact) mass is 388 g/mol. The largest absolute Gasteiger partial charge is 0.359 e. The van der Waals surface area contributed by atoms with E-state index in [1.54, 1.807) is 0 Å². The van der Waals surface area contributed by atoms with Crippen molar-refractivity contribution in [2.75, 3.05) is 11.4 Å². The summed E-state index contributed by atoms with van der Waals surface area (Å²) in [6.07, 6.45) is 0.994. The molecule has 0 spiro atoms. The average Bonchev–Trinajstić information content (AvgIpc) is 3.17. The molecule has 1 aliphatic rings. The van der Waals surface area contributed by atoms with Crippen molar-refractivity contribution in [3.05, 3.63) is 82.7 Å². The van der Waals surface area contributed by atoms with Crippen LogP contribution in [0.3, 0.4) is 0 Å². The summed E-state index contributed by atoms with van der Waals surface area (Å²) in [4.78, 5) is 14.9. The summed E-state index contributed by atoms with van der Waals surface area (Å²) in [5, 5.41) is 7.79.